The molecule has 1 aliphatic rings. The van der Waals surface area contributed by atoms with Gasteiger partial charge in [0.15, 0.2) is 6.04 Å². The van der Waals surface area contributed by atoms with Crippen LogP contribution in [-0.4, -0.2) is 51.8 Å². The Morgan fingerprint density at radius 1 is 1.32 bits per heavy atom. The highest BCUT2D eigenvalue weighted by Gasteiger charge is 2.35. The average molecular weight is 272 g/mol. The lowest BCUT2D eigenvalue weighted by Gasteiger charge is -2.26. The van der Waals surface area contributed by atoms with E-state index in [1.54, 1.807) is 4.90 Å². The minimum Gasteiger partial charge on any atom is -0.480 e. The first-order valence-corrected chi connectivity index (χ1v) is 6.81. The molecular weight excluding hydrogens is 248 g/mol. The van der Waals surface area contributed by atoms with Crippen molar-refractivity contribution < 1.29 is 19.8 Å². The fraction of sp³-hybridized carbons (Fsp3) is 0.846. The van der Waals surface area contributed by atoms with Crippen LogP contribution in [-0.2, 0) is 4.79 Å². The number of hydrogen-bond acceptors (Lipinski definition) is 3. The summed E-state index contributed by atoms with van der Waals surface area (Å²) in [5.41, 5.74) is 0. The van der Waals surface area contributed by atoms with E-state index in [1.807, 2.05) is 0 Å². The van der Waals surface area contributed by atoms with Crippen molar-refractivity contribution >= 4 is 12.0 Å². The molecule has 0 saturated heterocycles. The van der Waals surface area contributed by atoms with Crippen LogP contribution in [0, 0.1) is 5.92 Å². The molecule has 110 valence electrons. The Morgan fingerprint density at radius 2 is 1.89 bits per heavy atom. The zero-order valence-electron chi connectivity index (χ0n) is 11.8. The molecule has 1 fully saturated rings. The van der Waals surface area contributed by atoms with Crippen molar-refractivity contribution in [2.24, 2.45) is 5.92 Å². The van der Waals surface area contributed by atoms with Gasteiger partial charge < -0.3 is 20.4 Å². The third kappa shape index (κ3) is 5.06. The number of carbonyl (C=O) groups excluding carboxylic acids is 1. The van der Waals surface area contributed by atoms with Crippen LogP contribution in [0.4, 0.5) is 4.79 Å². The predicted octanol–water partition coefficient (Wildman–Crippen LogP) is 1.04. The van der Waals surface area contributed by atoms with Crippen molar-refractivity contribution in [2.75, 3.05) is 6.54 Å². The monoisotopic (exact) mass is 272 g/mol. The van der Waals surface area contributed by atoms with Crippen LogP contribution >= 0.6 is 0 Å². The molecule has 1 rings (SSSR count). The van der Waals surface area contributed by atoms with E-state index in [1.165, 1.54) is 6.92 Å². The Kier molecular flexibility index (Phi) is 5.60. The number of aliphatic hydroxyl groups is 1. The Balaban J connectivity index is 2.58. The van der Waals surface area contributed by atoms with Gasteiger partial charge in [-0.05, 0) is 32.1 Å². The van der Waals surface area contributed by atoms with Crippen LogP contribution in [0.25, 0.3) is 0 Å². The highest BCUT2D eigenvalue weighted by Crippen LogP contribution is 2.27. The van der Waals surface area contributed by atoms with Gasteiger partial charge in [-0.2, -0.15) is 0 Å². The molecule has 0 unspecified atom stereocenters. The molecule has 6 nitrogen and oxygen atoms in total. The van der Waals surface area contributed by atoms with Crippen molar-refractivity contribution in [3.8, 4) is 0 Å². The number of carboxylic acid groups (broad SMARTS) is 1. The number of urea groups is 1. The van der Waals surface area contributed by atoms with E-state index < -0.39 is 24.1 Å². The van der Waals surface area contributed by atoms with Gasteiger partial charge in [-0.15, -0.1) is 0 Å². The number of amides is 2. The summed E-state index contributed by atoms with van der Waals surface area (Å²) >= 11 is 0. The Bertz CT molecular complexity index is 327. The summed E-state index contributed by atoms with van der Waals surface area (Å²) in [6, 6.07) is -1.42. The number of aliphatic carboxylic acids is 1. The maximum Gasteiger partial charge on any atom is 0.328 e. The predicted molar refractivity (Wildman–Crippen MR) is 70.8 cm³/mol. The van der Waals surface area contributed by atoms with E-state index in [0.717, 1.165) is 19.3 Å². The molecule has 0 bridgehead atoms. The molecule has 0 aromatic rings. The largest absolute Gasteiger partial charge is 0.480 e. The van der Waals surface area contributed by atoms with Crippen LogP contribution in [0.2, 0.25) is 0 Å². The van der Waals surface area contributed by atoms with Gasteiger partial charge in [0.2, 0.25) is 0 Å². The number of carbonyl (C=O) groups is 2. The molecule has 6 heteroatoms. The summed E-state index contributed by atoms with van der Waals surface area (Å²) in [5.74, 6) is -0.732. The summed E-state index contributed by atoms with van der Waals surface area (Å²) in [7, 11) is 0. The van der Waals surface area contributed by atoms with Crippen molar-refractivity contribution in [3.63, 3.8) is 0 Å². The first kappa shape index (κ1) is 15.8. The fourth-order valence-electron chi connectivity index (χ4n) is 1.84. The minimum atomic E-state index is -1.26. The van der Waals surface area contributed by atoms with Crippen LogP contribution in [0.5, 0.6) is 0 Å². The fourth-order valence-corrected chi connectivity index (χ4v) is 1.84. The Hall–Kier alpha value is -1.30. The second kappa shape index (κ2) is 6.75. The van der Waals surface area contributed by atoms with Crippen molar-refractivity contribution in [2.45, 2.75) is 58.2 Å². The standard InChI is InChI=1S/C13H24N2O4/c1-8(2)6-7-15(10-4-5-10)13(19)14-11(9(3)16)12(17)18/h8-11,16H,4-7H2,1-3H3,(H,14,19)(H,17,18)/t9-,11+/m1/s1. The molecule has 0 radical (unpaired) electrons. The summed E-state index contributed by atoms with van der Waals surface area (Å²) in [6.07, 6.45) is 1.71. The Morgan fingerprint density at radius 3 is 2.26 bits per heavy atom. The van der Waals surface area contributed by atoms with Gasteiger partial charge in [0, 0.05) is 12.6 Å². The topological polar surface area (TPSA) is 89.9 Å². The molecule has 19 heavy (non-hydrogen) atoms. The zero-order valence-corrected chi connectivity index (χ0v) is 11.8. The molecule has 0 aromatic heterocycles. The molecule has 3 N–H and O–H groups in total. The first-order valence-electron chi connectivity index (χ1n) is 6.81. The van der Waals surface area contributed by atoms with Crippen molar-refractivity contribution in [1.82, 2.24) is 10.2 Å². The first-order chi connectivity index (χ1) is 8.82. The normalized spacial score (nSPS) is 17.9. The van der Waals surface area contributed by atoms with E-state index in [9.17, 15) is 14.7 Å². The van der Waals surface area contributed by atoms with E-state index >= 15 is 0 Å². The van der Waals surface area contributed by atoms with E-state index in [2.05, 4.69) is 19.2 Å². The van der Waals surface area contributed by atoms with Gasteiger partial charge in [-0.1, -0.05) is 13.8 Å². The molecule has 1 aliphatic carbocycles. The number of nitrogens with zero attached hydrogens (tertiary/aromatic N) is 1. The van der Waals surface area contributed by atoms with Crippen LogP contribution in [0.1, 0.15) is 40.0 Å². The number of rotatable bonds is 7. The van der Waals surface area contributed by atoms with Crippen LogP contribution < -0.4 is 5.32 Å². The number of nitrogens with one attached hydrogen (secondary N) is 1. The number of hydrogen-bond donors (Lipinski definition) is 3. The maximum atomic E-state index is 12.1. The molecule has 2 atom stereocenters. The summed E-state index contributed by atoms with van der Waals surface area (Å²) in [5, 5.41) is 20.7. The molecule has 0 spiro atoms. The molecule has 2 amide bonds. The highest BCUT2D eigenvalue weighted by atomic mass is 16.4. The van der Waals surface area contributed by atoms with Crippen molar-refractivity contribution in [3.05, 3.63) is 0 Å². The minimum absolute atomic E-state index is 0.224. The quantitative estimate of drug-likeness (QED) is 0.646. The van der Waals surface area contributed by atoms with E-state index in [0.29, 0.717) is 12.5 Å². The van der Waals surface area contributed by atoms with Gasteiger partial charge in [-0.25, -0.2) is 9.59 Å². The second-order valence-corrected chi connectivity index (χ2v) is 5.61. The van der Waals surface area contributed by atoms with Crippen LogP contribution in [0.15, 0.2) is 0 Å². The summed E-state index contributed by atoms with van der Waals surface area (Å²) < 4.78 is 0. The van der Waals surface area contributed by atoms with E-state index in [-0.39, 0.29) is 6.04 Å². The zero-order chi connectivity index (χ0) is 14.6. The smallest absolute Gasteiger partial charge is 0.328 e. The molecule has 1 saturated carbocycles. The summed E-state index contributed by atoms with van der Waals surface area (Å²) in [4.78, 5) is 24.7. The lowest BCUT2D eigenvalue weighted by molar-refractivity contribution is -0.141. The Labute approximate surface area is 113 Å². The van der Waals surface area contributed by atoms with Gasteiger partial charge in [0.1, 0.15) is 0 Å². The average Bonchev–Trinajstić information content (AvgIpc) is 3.09. The lowest BCUT2D eigenvalue weighted by Crippen LogP contribution is -2.53. The maximum absolute atomic E-state index is 12.1. The number of carboxylic acids is 1. The van der Waals surface area contributed by atoms with Gasteiger partial charge in [0.25, 0.3) is 0 Å². The molecule has 0 aromatic carbocycles. The second-order valence-electron chi connectivity index (χ2n) is 5.61. The van der Waals surface area contributed by atoms with Gasteiger partial charge >= 0.3 is 12.0 Å². The number of aliphatic hydroxyl groups excluding tert-OH is 1. The molecular formula is C13H24N2O4. The SMILES string of the molecule is CC(C)CCN(C(=O)N[C@H](C(=O)O)[C@@H](C)O)C1CC1. The highest BCUT2D eigenvalue weighted by molar-refractivity contribution is 5.83. The third-order valence-corrected chi connectivity index (χ3v) is 3.22. The summed E-state index contributed by atoms with van der Waals surface area (Å²) in [6.45, 7) is 6.15. The van der Waals surface area contributed by atoms with Crippen LogP contribution in [0.3, 0.4) is 0 Å². The van der Waals surface area contributed by atoms with Crippen molar-refractivity contribution in [1.29, 1.82) is 0 Å². The lowest BCUT2D eigenvalue weighted by atomic mass is 10.1. The third-order valence-electron chi connectivity index (χ3n) is 3.22. The van der Waals surface area contributed by atoms with E-state index in [4.69, 9.17) is 5.11 Å². The molecule has 0 aliphatic heterocycles. The van der Waals surface area contributed by atoms with Gasteiger partial charge in [-0.3, -0.25) is 0 Å². The molecule has 0 heterocycles. The van der Waals surface area contributed by atoms with Gasteiger partial charge in [0.05, 0.1) is 6.10 Å².